The van der Waals surface area contributed by atoms with Gasteiger partial charge in [0.05, 0.1) is 27.0 Å². The summed E-state index contributed by atoms with van der Waals surface area (Å²) in [6.07, 6.45) is 1.19. The van der Waals surface area contributed by atoms with E-state index in [0.29, 0.717) is 0 Å². The zero-order valence-corrected chi connectivity index (χ0v) is 26.7. The van der Waals surface area contributed by atoms with Gasteiger partial charge in [0.2, 0.25) is 21.8 Å². The smallest absolute Gasteiger partial charge is 0.244 e. The third-order valence-electron chi connectivity index (χ3n) is 6.14. The zero-order valence-electron chi connectivity index (χ0n) is 23.6. The summed E-state index contributed by atoms with van der Waals surface area (Å²) in [4.78, 5) is 29.4. The number of benzene rings is 3. The summed E-state index contributed by atoms with van der Waals surface area (Å²) < 4.78 is 26.8. The first-order chi connectivity index (χ1) is 19.0. The maximum Gasteiger partial charge on any atom is 0.244 e. The number of nitrogens with one attached hydrogen (secondary N) is 1. The van der Waals surface area contributed by atoms with E-state index in [1.807, 2.05) is 82.3 Å². The molecule has 0 unspecified atom stereocenters. The fourth-order valence-electron chi connectivity index (χ4n) is 4.31. The number of halogens is 3. The predicted octanol–water partition coefficient (Wildman–Crippen LogP) is 6.28. The van der Waals surface area contributed by atoms with E-state index in [4.69, 9.17) is 34.8 Å². The lowest BCUT2D eigenvalue weighted by atomic mass is 10.0. The van der Waals surface area contributed by atoms with Crippen LogP contribution < -0.4 is 9.62 Å². The van der Waals surface area contributed by atoms with Crippen LogP contribution in [0.1, 0.15) is 37.5 Å². The third-order valence-corrected chi connectivity index (χ3v) is 8.29. The lowest BCUT2D eigenvalue weighted by Crippen LogP contribution is -2.56. The van der Waals surface area contributed by atoms with E-state index in [2.05, 4.69) is 5.32 Å². The number of aryl methyl sites for hydroxylation is 1. The minimum absolute atomic E-state index is 0.00572. The number of anilines is 1. The van der Waals surface area contributed by atoms with Crippen LogP contribution in [0.5, 0.6) is 0 Å². The van der Waals surface area contributed by atoms with Gasteiger partial charge in [0.25, 0.3) is 0 Å². The predicted molar refractivity (Wildman–Crippen MR) is 167 cm³/mol. The van der Waals surface area contributed by atoms with Crippen molar-refractivity contribution >= 4 is 62.3 Å². The fraction of sp³-hybridized carbons (Fsp3) is 0.333. The number of carbonyl (C=O) groups excluding carboxylic acids is 2. The Hall–Kier alpha value is -2.78. The van der Waals surface area contributed by atoms with Gasteiger partial charge >= 0.3 is 0 Å². The quantitative estimate of drug-likeness (QED) is 0.265. The SMILES string of the molecule is Cc1cccc(CN(C(=O)CN(c2cc(Cl)c(Cl)cc2Cl)S(C)(=O)=O)[C@@H](Cc2ccccc2)C(=O)NC(C)(C)C)c1. The highest BCUT2D eigenvalue weighted by molar-refractivity contribution is 7.92. The second kappa shape index (κ2) is 13.5. The summed E-state index contributed by atoms with van der Waals surface area (Å²) >= 11 is 18.6. The Morgan fingerprint density at radius 2 is 1.49 bits per heavy atom. The summed E-state index contributed by atoms with van der Waals surface area (Å²) in [5, 5.41) is 3.22. The van der Waals surface area contributed by atoms with Crippen molar-refractivity contribution in [2.24, 2.45) is 0 Å². The highest BCUT2D eigenvalue weighted by Gasteiger charge is 2.35. The van der Waals surface area contributed by atoms with Crippen LogP contribution in [-0.4, -0.2) is 49.5 Å². The second-order valence-corrected chi connectivity index (χ2v) is 14.1. The first-order valence-corrected chi connectivity index (χ1v) is 15.9. The van der Waals surface area contributed by atoms with Gasteiger partial charge < -0.3 is 10.2 Å². The van der Waals surface area contributed by atoms with Gasteiger partial charge in [-0.1, -0.05) is 95.0 Å². The Kier molecular flexibility index (Phi) is 10.7. The van der Waals surface area contributed by atoms with Crippen LogP contribution >= 0.6 is 34.8 Å². The molecule has 220 valence electrons. The number of carbonyl (C=O) groups is 2. The molecular formula is C30H34Cl3N3O4S. The van der Waals surface area contributed by atoms with Crippen LogP contribution in [0.15, 0.2) is 66.7 Å². The Bertz CT molecular complexity index is 1510. The van der Waals surface area contributed by atoms with Crippen LogP contribution in [0.25, 0.3) is 0 Å². The molecule has 3 rings (SSSR count). The van der Waals surface area contributed by atoms with Crippen molar-refractivity contribution in [3.63, 3.8) is 0 Å². The minimum atomic E-state index is -4.01. The van der Waals surface area contributed by atoms with E-state index in [-0.39, 0.29) is 39.6 Å². The third kappa shape index (κ3) is 9.36. The van der Waals surface area contributed by atoms with Gasteiger partial charge in [-0.2, -0.15) is 0 Å². The normalized spacial score (nSPS) is 12.5. The molecule has 0 saturated carbocycles. The molecule has 1 N–H and O–H groups in total. The van der Waals surface area contributed by atoms with Gasteiger partial charge in [0.1, 0.15) is 12.6 Å². The number of rotatable bonds is 10. The molecule has 3 aromatic rings. The summed E-state index contributed by atoms with van der Waals surface area (Å²) in [7, 11) is -4.01. The summed E-state index contributed by atoms with van der Waals surface area (Å²) in [5.74, 6) is -0.954. The maximum absolute atomic E-state index is 14.2. The molecular weight excluding hydrogens is 605 g/mol. The number of amides is 2. The first-order valence-electron chi connectivity index (χ1n) is 12.9. The van der Waals surface area contributed by atoms with Crippen molar-refractivity contribution in [3.8, 4) is 0 Å². The van der Waals surface area contributed by atoms with Gasteiger partial charge in [-0.3, -0.25) is 13.9 Å². The Labute approximate surface area is 257 Å². The first kappa shape index (κ1) is 32.7. The second-order valence-electron chi connectivity index (χ2n) is 10.9. The van der Waals surface area contributed by atoms with E-state index in [1.54, 1.807) is 0 Å². The summed E-state index contributed by atoms with van der Waals surface area (Å²) in [6.45, 7) is 6.96. The van der Waals surface area contributed by atoms with Gasteiger partial charge in [-0.05, 0) is 51.0 Å². The Morgan fingerprint density at radius 1 is 0.878 bits per heavy atom. The molecule has 0 fully saturated rings. The molecule has 0 bridgehead atoms. The molecule has 41 heavy (non-hydrogen) atoms. The van der Waals surface area contributed by atoms with Gasteiger partial charge in [-0.25, -0.2) is 8.42 Å². The highest BCUT2D eigenvalue weighted by atomic mass is 35.5. The lowest BCUT2D eigenvalue weighted by Gasteiger charge is -2.35. The summed E-state index contributed by atoms with van der Waals surface area (Å²) in [6, 6.07) is 18.6. The van der Waals surface area contributed by atoms with Crippen LogP contribution in [0.3, 0.4) is 0 Å². The molecule has 0 radical (unpaired) electrons. The molecule has 2 amide bonds. The molecule has 0 saturated heterocycles. The fourth-order valence-corrected chi connectivity index (χ4v) is 5.86. The van der Waals surface area contributed by atoms with E-state index in [1.165, 1.54) is 17.0 Å². The molecule has 0 aliphatic rings. The largest absolute Gasteiger partial charge is 0.350 e. The van der Waals surface area contributed by atoms with Gasteiger partial charge in [0, 0.05) is 18.5 Å². The van der Waals surface area contributed by atoms with E-state index < -0.39 is 34.1 Å². The number of hydrogen-bond donors (Lipinski definition) is 1. The summed E-state index contributed by atoms with van der Waals surface area (Å²) in [5.41, 5.74) is 2.05. The molecule has 0 aliphatic heterocycles. The van der Waals surface area contributed by atoms with Crippen LogP contribution in [0.4, 0.5) is 5.69 Å². The monoisotopic (exact) mass is 637 g/mol. The van der Waals surface area contributed by atoms with Gasteiger partial charge in [0.15, 0.2) is 0 Å². The van der Waals surface area contributed by atoms with Crippen molar-refractivity contribution < 1.29 is 18.0 Å². The standard InChI is InChI=1S/C30H34Cl3N3O4S/c1-20-10-9-13-22(14-20)18-35(27(29(38)34-30(2,3)4)15-21-11-7-6-8-12-21)28(37)19-36(41(5,39)40)26-17-24(32)23(31)16-25(26)33/h6-14,16-17,27H,15,18-19H2,1-5H3,(H,34,38)/t27-/m0/s1. The molecule has 1 atom stereocenters. The average Bonchev–Trinajstić information content (AvgIpc) is 2.86. The van der Waals surface area contributed by atoms with Crippen LogP contribution in [0.2, 0.25) is 15.1 Å². The Balaban J connectivity index is 2.12. The number of sulfonamides is 1. The maximum atomic E-state index is 14.2. The van der Waals surface area contributed by atoms with Crippen molar-refractivity contribution in [1.82, 2.24) is 10.2 Å². The average molecular weight is 639 g/mol. The molecule has 3 aromatic carbocycles. The molecule has 0 heterocycles. The molecule has 0 spiro atoms. The highest BCUT2D eigenvalue weighted by Crippen LogP contribution is 2.35. The molecule has 0 aliphatic carbocycles. The zero-order chi connectivity index (χ0) is 30.5. The van der Waals surface area contributed by atoms with Crippen molar-refractivity contribution in [2.75, 3.05) is 17.1 Å². The van der Waals surface area contributed by atoms with Crippen molar-refractivity contribution in [2.45, 2.75) is 52.2 Å². The molecule has 11 heteroatoms. The van der Waals surface area contributed by atoms with Crippen molar-refractivity contribution in [1.29, 1.82) is 0 Å². The van der Waals surface area contributed by atoms with E-state index >= 15 is 0 Å². The Morgan fingerprint density at radius 3 is 2.07 bits per heavy atom. The molecule has 7 nitrogen and oxygen atoms in total. The molecule has 0 aromatic heterocycles. The number of nitrogens with zero attached hydrogens (tertiary/aromatic N) is 2. The van der Waals surface area contributed by atoms with E-state index in [0.717, 1.165) is 27.3 Å². The van der Waals surface area contributed by atoms with E-state index in [9.17, 15) is 18.0 Å². The van der Waals surface area contributed by atoms with Gasteiger partial charge in [-0.15, -0.1) is 0 Å². The lowest BCUT2D eigenvalue weighted by molar-refractivity contribution is -0.140. The van der Waals surface area contributed by atoms with Crippen molar-refractivity contribution in [3.05, 3.63) is 98.5 Å². The van der Waals surface area contributed by atoms with Crippen LogP contribution in [-0.2, 0) is 32.6 Å². The topological polar surface area (TPSA) is 86.8 Å². The number of hydrogen-bond acceptors (Lipinski definition) is 4. The minimum Gasteiger partial charge on any atom is -0.350 e. The van der Waals surface area contributed by atoms with Crippen LogP contribution in [0, 0.1) is 6.92 Å².